The minimum atomic E-state index is -3.45. The molecule has 0 bridgehead atoms. The molecule has 7 nitrogen and oxygen atoms in total. The van der Waals surface area contributed by atoms with Gasteiger partial charge in [0, 0.05) is 22.2 Å². The molecule has 4 radical (unpaired) electrons. The molecule has 11 heteroatoms. The van der Waals surface area contributed by atoms with Gasteiger partial charge in [-0.15, -0.1) is 12.2 Å². The Morgan fingerprint density at radius 2 is 1.52 bits per heavy atom. The van der Waals surface area contributed by atoms with Crippen LogP contribution in [0.2, 0.25) is 10.0 Å². The first-order valence-corrected chi connectivity index (χ1v) is 14.4. The largest absolute Gasteiger partial charge is 2.00 e. The smallest absolute Gasteiger partial charge is 0.545 e. The summed E-state index contributed by atoms with van der Waals surface area (Å²) in [5.41, 5.74) is 2.91. The van der Waals surface area contributed by atoms with Crippen LogP contribution >= 0.6 is 23.2 Å². The fourth-order valence-electron chi connectivity index (χ4n) is 2.94. The van der Waals surface area contributed by atoms with Gasteiger partial charge in [0.2, 0.25) is 14.7 Å². The maximum absolute atomic E-state index is 12.0. The van der Waals surface area contributed by atoms with Crippen LogP contribution in [0.15, 0.2) is 131 Å². The first-order chi connectivity index (χ1) is 20.5. The number of para-hydroxylation sites is 1. The summed E-state index contributed by atoms with van der Waals surface area (Å²) < 4.78 is 28.8. The Morgan fingerprint density at radius 1 is 0.909 bits per heavy atom. The molecule has 2 aliphatic carbocycles. The van der Waals surface area contributed by atoms with E-state index in [1.807, 2.05) is 24.3 Å². The summed E-state index contributed by atoms with van der Waals surface area (Å²) in [6.45, 7) is 0. The first kappa shape index (κ1) is 38.1. The van der Waals surface area contributed by atoms with Gasteiger partial charge in [-0.05, 0) is 46.4 Å². The zero-order chi connectivity index (χ0) is 31.7. The molecule has 3 aromatic carbocycles. The van der Waals surface area contributed by atoms with Crippen LogP contribution in [0.1, 0.15) is 20.7 Å². The summed E-state index contributed by atoms with van der Waals surface area (Å²) in [5.74, 6) is -1.63. The van der Waals surface area contributed by atoms with Gasteiger partial charge >= 0.3 is 26.2 Å². The van der Waals surface area contributed by atoms with Crippen LogP contribution in [0.25, 0.3) is 0 Å². The van der Waals surface area contributed by atoms with Gasteiger partial charge in [0.25, 0.3) is 0 Å². The van der Waals surface area contributed by atoms with Crippen molar-refractivity contribution in [3.05, 3.63) is 171 Å². The van der Waals surface area contributed by atoms with Crippen molar-refractivity contribution in [1.29, 1.82) is 0 Å². The average Bonchev–Trinajstić information content (AvgIpc) is 3.03. The van der Waals surface area contributed by atoms with Crippen molar-refractivity contribution in [1.82, 2.24) is 0 Å². The molecule has 5 rings (SSSR count). The number of halogens is 2. The van der Waals surface area contributed by atoms with Gasteiger partial charge in [0.05, 0.1) is 37.3 Å². The van der Waals surface area contributed by atoms with Crippen molar-refractivity contribution in [2.24, 2.45) is 0 Å². The minimum Gasteiger partial charge on any atom is -0.545 e. The second kappa shape index (κ2) is 20.1. The number of benzene rings is 3. The summed E-state index contributed by atoms with van der Waals surface area (Å²) in [5, 5.41) is 21.2. The normalized spacial score (nSPS) is 11.9. The van der Waals surface area contributed by atoms with Crippen molar-refractivity contribution in [2.45, 2.75) is 0 Å². The number of carbonyl (C=O) groups is 2. The zero-order valence-electron chi connectivity index (χ0n) is 23.0. The van der Waals surface area contributed by atoms with E-state index in [9.17, 15) is 28.2 Å². The molecule has 0 fully saturated rings. The van der Waals surface area contributed by atoms with Gasteiger partial charge in [0.1, 0.15) is 11.8 Å². The maximum Gasteiger partial charge on any atom is 2.00 e. The molecule has 0 aromatic heterocycles. The number of rotatable bonds is 5. The number of allylic oxidation sites excluding steroid dienone is 7. The maximum atomic E-state index is 12.0. The third-order valence-electron chi connectivity index (χ3n) is 4.96. The van der Waals surface area contributed by atoms with E-state index in [0.29, 0.717) is 10.0 Å². The summed E-state index contributed by atoms with van der Waals surface area (Å²) in [6, 6.07) is 22.3. The quantitative estimate of drug-likeness (QED) is 0.210. The third-order valence-corrected chi connectivity index (χ3v) is 7.10. The fourth-order valence-corrected chi connectivity index (χ4v) is 4.52. The van der Waals surface area contributed by atoms with Crippen molar-refractivity contribution in [3.63, 3.8) is 0 Å². The van der Waals surface area contributed by atoms with E-state index in [-0.39, 0.29) is 47.1 Å². The van der Waals surface area contributed by atoms with E-state index in [1.54, 1.807) is 68.2 Å². The van der Waals surface area contributed by atoms with Crippen molar-refractivity contribution in [3.8, 4) is 5.75 Å². The second-order valence-electron chi connectivity index (χ2n) is 7.98. The average molecular weight is 843 g/mol. The van der Waals surface area contributed by atoms with Gasteiger partial charge in [-0.3, -0.25) is 5.73 Å². The van der Waals surface area contributed by atoms with Gasteiger partial charge < -0.3 is 24.5 Å². The van der Waals surface area contributed by atoms with Crippen LogP contribution in [0.3, 0.4) is 0 Å². The van der Waals surface area contributed by atoms with E-state index in [1.165, 1.54) is 36.4 Å². The summed E-state index contributed by atoms with van der Waals surface area (Å²) >= 11 is 11.0. The topological polar surface area (TPSA) is 124 Å². The molecule has 222 valence electrons. The number of carbonyl (C=O) groups excluding carboxylic acids is 2. The summed E-state index contributed by atoms with van der Waals surface area (Å²) in [7, 11) is -1.82. The van der Waals surface area contributed by atoms with Gasteiger partial charge in [-0.2, -0.15) is 12.5 Å². The number of methoxy groups -OCH3 is 1. The SMILES string of the molecule is COc1[c]cccc1.O=C([O-])c1cccc(Cl)c1.O=C([O-])c1cccc(Cl)c1.O=S(=O)(C1=C=C[CH-]C=C1)C1=CC=CC=[C+]1.[Bi+2]. The van der Waals surface area contributed by atoms with E-state index >= 15 is 0 Å². The first-order valence-electron chi connectivity index (χ1n) is 12.2. The molecule has 0 spiro atoms. The molecular formula is C33H23BiCl2O7S. The minimum absolute atomic E-state index is 0. The van der Waals surface area contributed by atoms with Gasteiger partial charge in [0.15, 0.2) is 0 Å². The Balaban J connectivity index is 0.000000300. The van der Waals surface area contributed by atoms with Gasteiger partial charge in [-0.25, -0.2) is 8.42 Å². The molecular weight excluding hydrogens is 820 g/mol. The van der Waals surface area contributed by atoms with Crippen molar-refractivity contribution >= 4 is 71.2 Å². The molecule has 0 amide bonds. The van der Waals surface area contributed by atoms with Crippen LogP contribution in [0.5, 0.6) is 5.75 Å². The Kier molecular flexibility index (Phi) is 17.4. The molecule has 3 aromatic rings. The van der Waals surface area contributed by atoms with E-state index in [0.717, 1.165) is 5.75 Å². The van der Waals surface area contributed by atoms with Crippen molar-refractivity contribution < 1.29 is 33.0 Å². The molecule has 0 atom stereocenters. The number of carboxylic acids is 2. The van der Waals surface area contributed by atoms with Crippen LogP contribution < -0.4 is 14.9 Å². The van der Waals surface area contributed by atoms with Crippen molar-refractivity contribution in [2.75, 3.05) is 7.11 Å². The number of ether oxygens (including phenoxy) is 1. The standard InChI is InChI=1S/C12H8O2S.2C7H5ClO2.C7H7O.Bi/c13-15(14,11-7-3-1-4-8-11)12-9-5-2-6-10-12;2*8-6-3-1-2-5(4-6)7(9)10;1-8-7-5-3-2-4-6-7;/h1-7,9H;2*1-4H,(H,9,10);2-5H,1H3;/q;;;;+2/p-2. The molecule has 2 aliphatic rings. The second-order valence-corrected chi connectivity index (χ2v) is 10.7. The Bertz CT molecular complexity index is 1650. The van der Waals surface area contributed by atoms with E-state index in [2.05, 4.69) is 17.9 Å². The number of carboxylic acid groups (broad SMARTS) is 2. The number of aromatic carboxylic acids is 2. The predicted molar refractivity (Wildman–Crippen MR) is 168 cm³/mol. The summed E-state index contributed by atoms with van der Waals surface area (Å²) in [4.78, 5) is 20.7. The third kappa shape index (κ3) is 13.6. The fraction of sp³-hybridized carbons (Fsp3) is 0.0303. The Morgan fingerprint density at radius 3 is 1.89 bits per heavy atom. The van der Waals surface area contributed by atoms with Gasteiger partial charge in [-0.1, -0.05) is 65.7 Å². The molecule has 0 N–H and O–H groups in total. The number of hydrogen-bond donors (Lipinski definition) is 0. The number of sulfone groups is 1. The van der Waals surface area contributed by atoms with Crippen LogP contribution in [0.4, 0.5) is 0 Å². The van der Waals surface area contributed by atoms with E-state index in [4.69, 9.17) is 27.9 Å². The molecule has 0 heterocycles. The van der Waals surface area contributed by atoms with Crippen LogP contribution in [-0.2, 0) is 9.84 Å². The van der Waals surface area contributed by atoms with Crippen LogP contribution in [-0.4, -0.2) is 53.7 Å². The number of hydrogen-bond acceptors (Lipinski definition) is 7. The molecule has 44 heavy (non-hydrogen) atoms. The molecule has 0 aliphatic heterocycles. The Labute approximate surface area is 285 Å². The predicted octanol–water partition coefficient (Wildman–Crippen LogP) is 4.55. The molecule has 0 saturated carbocycles. The zero-order valence-corrected chi connectivity index (χ0v) is 28.8. The monoisotopic (exact) mass is 842 g/mol. The summed E-state index contributed by atoms with van der Waals surface area (Å²) in [6.07, 6.45) is 15.7. The molecule has 0 saturated heterocycles. The Hall–Kier alpha value is -3.93. The molecule has 0 unspecified atom stereocenters. The van der Waals surface area contributed by atoms with E-state index < -0.39 is 21.8 Å². The van der Waals surface area contributed by atoms with Crippen LogP contribution in [0, 0.1) is 18.6 Å².